The molecule has 0 spiro atoms. The number of hydrogen-bond acceptors (Lipinski definition) is 4. The van der Waals surface area contributed by atoms with E-state index in [2.05, 4.69) is 0 Å². The highest BCUT2D eigenvalue weighted by atomic mass is 35.5. The number of carbonyl (C=O) groups is 4. The predicted molar refractivity (Wildman–Crippen MR) is 137 cm³/mol. The molecule has 4 aliphatic rings. The van der Waals surface area contributed by atoms with Crippen molar-refractivity contribution in [1.29, 1.82) is 0 Å². The quantitative estimate of drug-likeness (QED) is 0.417. The molecule has 0 radical (unpaired) electrons. The van der Waals surface area contributed by atoms with Crippen LogP contribution in [0.2, 0.25) is 10.0 Å². The summed E-state index contributed by atoms with van der Waals surface area (Å²) in [4.78, 5) is 57.3. The van der Waals surface area contributed by atoms with E-state index in [-0.39, 0.29) is 23.6 Å². The molecule has 182 valence electrons. The van der Waals surface area contributed by atoms with Gasteiger partial charge in [0.1, 0.15) is 0 Å². The molecule has 36 heavy (non-hydrogen) atoms. The Labute approximate surface area is 218 Å². The molecule has 2 fully saturated rings. The highest BCUT2D eigenvalue weighted by Crippen LogP contribution is 2.54. The first kappa shape index (κ1) is 23.2. The molecule has 2 heterocycles. The number of hydrogen-bond donors (Lipinski definition) is 0. The second-order valence-corrected chi connectivity index (χ2v) is 10.6. The lowest BCUT2D eigenvalue weighted by Gasteiger charge is -2.53. The molecule has 4 atom stereocenters. The van der Waals surface area contributed by atoms with Crippen molar-refractivity contribution in [2.24, 2.45) is 35.5 Å². The second kappa shape index (κ2) is 8.15. The Kier molecular flexibility index (Phi) is 5.25. The van der Waals surface area contributed by atoms with Crippen molar-refractivity contribution >= 4 is 58.2 Å². The number of halogens is 2. The van der Waals surface area contributed by atoms with Crippen LogP contribution in [0.25, 0.3) is 0 Å². The van der Waals surface area contributed by atoms with Crippen LogP contribution in [0.5, 0.6) is 0 Å². The molecule has 8 heteroatoms. The third kappa shape index (κ3) is 3.04. The fourth-order valence-electron chi connectivity index (χ4n) is 6.35. The van der Waals surface area contributed by atoms with Crippen LogP contribution in [0.3, 0.4) is 0 Å². The maximum absolute atomic E-state index is 13.7. The van der Waals surface area contributed by atoms with Crippen LogP contribution in [0, 0.1) is 49.4 Å². The number of carbonyl (C=O) groups excluding carboxylic acids is 4. The van der Waals surface area contributed by atoms with Crippen molar-refractivity contribution in [2.45, 2.75) is 13.8 Å². The van der Waals surface area contributed by atoms with Crippen LogP contribution in [-0.2, 0) is 19.2 Å². The maximum Gasteiger partial charge on any atom is 0.241 e. The molecule has 6 nitrogen and oxygen atoms in total. The van der Waals surface area contributed by atoms with E-state index in [1.54, 1.807) is 74.5 Å². The van der Waals surface area contributed by atoms with Gasteiger partial charge in [0.25, 0.3) is 0 Å². The van der Waals surface area contributed by atoms with Crippen molar-refractivity contribution in [3.8, 4) is 0 Å². The first-order chi connectivity index (χ1) is 17.2. The van der Waals surface area contributed by atoms with Crippen molar-refractivity contribution in [1.82, 2.24) is 0 Å². The average molecular weight is 521 g/mol. The van der Waals surface area contributed by atoms with E-state index >= 15 is 0 Å². The summed E-state index contributed by atoms with van der Waals surface area (Å²) in [5, 5.41) is 0.933. The minimum Gasteiger partial charge on any atom is -0.273 e. The molecule has 4 amide bonds. The van der Waals surface area contributed by atoms with Crippen LogP contribution in [0.4, 0.5) is 11.4 Å². The van der Waals surface area contributed by atoms with E-state index in [0.29, 0.717) is 32.5 Å². The van der Waals surface area contributed by atoms with E-state index in [1.807, 2.05) is 0 Å². The molecule has 4 unspecified atom stereocenters. The number of anilines is 2. The zero-order valence-electron chi connectivity index (χ0n) is 19.5. The molecule has 0 N–H and O–H groups in total. The second-order valence-electron chi connectivity index (χ2n) is 9.82. The highest BCUT2D eigenvalue weighted by molar-refractivity contribution is 6.33. The van der Waals surface area contributed by atoms with Gasteiger partial charge in [-0.2, -0.15) is 0 Å². The summed E-state index contributed by atoms with van der Waals surface area (Å²) in [5.74, 6) is -4.87. The van der Waals surface area contributed by atoms with Crippen LogP contribution in [0.15, 0.2) is 60.7 Å². The summed E-state index contributed by atoms with van der Waals surface area (Å²) >= 11 is 12.6. The summed E-state index contributed by atoms with van der Waals surface area (Å²) in [6.45, 7) is 3.54. The fourth-order valence-corrected chi connectivity index (χ4v) is 6.69. The Morgan fingerprint density at radius 2 is 0.861 bits per heavy atom. The SMILES string of the molecule is Cc1c(Cl)cccc1N1C(=O)C2C=CC3C(=O)N(c4cccc(Cl)c4C)C(=O)C4C=CC(C1=O)C2C34. The van der Waals surface area contributed by atoms with Gasteiger partial charge in [-0.15, -0.1) is 0 Å². The summed E-state index contributed by atoms with van der Waals surface area (Å²) in [6, 6.07) is 10.3. The monoisotopic (exact) mass is 520 g/mol. The average Bonchev–Trinajstić information content (AvgIpc) is 2.86. The number of piperidine rings is 2. The number of amides is 4. The molecular formula is C28H22Cl2N2O4. The van der Waals surface area contributed by atoms with Crippen LogP contribution >= 0.6 is 23.2 Å². The molecular weight excluding hydrogens is 499 g/mol. The van der Waals surface area contributed by atoms with Gasteiger partial charge in [0.15, 0.2) is 0 Å². The van der Waals surface area contributed by atoms with Gasteiger partial charge in [0.2, 0.25) is 23.6 Å². The van der Waals surface area contributed by atoms with Gasteiger partial charge in [-0.25, -0.2) is 9.80 Å². The Morgan fingerprint density at radius 3 is 1.17 bits per heavy atom. The predicted octanol–water partition coefficient (Wildman–Crippen LogP) is 4.89. The fraction of sp³-hybridized carbons (Fsp3) is 0.286. The first-order valence-corrected chi connectivity index (χ1v) is 12.6. The summed E-state index contributed by atoms with van der Waals surface area (Å²) < 4.78 is 0. The van der Waals surface area contributed by atoms with Gasteiger partial charge in [-0.05, 0) is 61.1 Å². The van der Waals surface area contributed by atoms with Gasteiger partial charge in [0, 0.05) is 10.0 Å². The lowest BCUT2D eigenvalue weighted by molar-refractivity contribution is -0.148. The first-order valence-electron chi connectivity index (χ1n) is 11.8. The van der Waals surface area contributed by atoms with E-state index in [1.165, 1.54) is 9.80 Å². The zero-order chi connectivity index (χ0) is 25.5. The van der Waals surface area contributed by atoms with Crippen LogP contribution < -0.4 is 9.80 Å². The number of rotatable bonds is 2. The molecule has 2 aliphatic carbocycles. The van der Waals surface area contributed by atoms with Crippen molar-refractivity contribution in [2.75, 3.05) is 9.80 Å². The summed E-state index contributed by atoms with van der Waals surface area (Å²) in [6.07, 6.45) is 6.97. The molecule has 0 bridgehead atoms. The maximum atomic E-state index is 13.7. The smallest absolute Gasteiger partial charge is 0.241 e. The molecule has 2 aliphatic heterocycles. The number of imide groups is 2. The van der Waals surface area contributed by atoms with Gasteiger partial charge in [-0.3, -0.25) is 19.2 Å². The van der Waals surface area contributed by atoms with Crippen LogP contribution in [-0.4, -0.2) is 23.6 Å². The van der Waals surface area contributed by atoms with E-state index < -0.39 is 35.5 Å². The molecule has 2 saturated heterocycles. The van der Waals surface area contributed by atoms with Crippen LogP contribution in [0.1, 0.15) is 11.1 Å². The van der Waals surface area contributed by atoms with Gasteiger partial charge in [-0.1, -0.05) is 59.6 Å². The molecule has 0 saturated carbocycles. The van der Waals surface area contributed by atoms with E-state index in [0.717, 1.165) is 0 Å². The van der Waals surface area contributed by atoms with Crippen molar-refractivity contribution < 1.29 is 19.2 Å². The third-order valence-electron chi connectivity index (χ3n) is 8.14. The summed E-state index contributed by atoms with van der Waals surface area (Å²) in [5.41, 5.74) is 2.20. The van der Waals surface area contributed by atoms with Crippen molar-refractivity contribution in [3.63, 3.8) is 0 Å². The summed E-state index contributed by atoms with van der Waals surface area (Å²) in [7, 11) is 0. The Morgan fingerprint density at radius 1 is 0.556 bits per heavy atom. The Balaban J connectivity index is 1.45. The molecule has 2 aromatic rings. The van der Waals surface area contributed by atoms with E-state index in [9.17, 15) is 19.2 Å². The molecule has 2 aromatic carbocycles. The lowest BCUT2D eigenvalue weighted by Crippen LogP contribution is -2.64. The third-order valence-corrected chi connectivity index (χ3v) is 8.96. The standard InChI is InChI=1S/C28H22Cl2N2O4/c1-13-19(29)5-3-7-21(13)31-25(33)15-9-11-17-24-18(12-10-16(23(15)24)26(31)34)28(36)32(27(17)35)22-8-4-6-20(30)14(22)2/h3-12,15-18,23-24H,1-2H3. The Hall–Kier alpha value is -3.22. The normalized spacial score (nSPS) is 30.7. The lowest BCUT2D eigenvalue weighted by atomic mass is 9.55. The topological polar surface area (TPSA) is 74.8 Å². The minimum atomic E-state index is -0.625. The van der Waals surface area contributed by atoms with Gasteiger partial charge in [0.05, 0.1) is 35.0 Å². The number of benzene rings is 2. The number of nitrogens with zero attached hydrogens (tertiary/aromatic N) is 2. The van der Waals surface area contributed by atoms with Gasteiger partial charge >= 0.3 is 0 Å². The zero-order valence-corrected chi connectivity index (χ0v) is 21.0. The highest BCUT2D eigenvalue weighted by Gasteiger charge is 2.61. The molecule has 6 rings (SSSR count). The minimum absolute atomic E-state index is 0.358. The molecule has 0 aromatic heterocycles. The Bertz CT molecular complexity index is 1270. The van der Waals surface area contributed by atoms with Crippen molar-refractivity contribution in [3.05, 3.63) is 81.9 Å². The largest absolute Gasteiger partial charge is 0.273 e. The van der Waals surface area contributed by atoms with Gasteiger partial charge < -0.3 is 0 Å². The van der Waals surface area contributed by atoms with E-state index in [4.69, 9.17) is 23.2 Å².